The van der Waals surface area contributed by atoms with Crippen molar-refractivity contribution in [1.82, 2.24) is 9.88 Å². The number of carbonyl (C=O) groups excluding carboxylic acids is 1. The van der Waals surface area contributed by atoms with E-state index in [0.29, 0.717) is 16.3 Å². The van der Waals surface area contributed by atoms with Crippen molar-refractivity contribution in [2.24, 2.45) is 0 Å². The number of carbonyl (C=O) groups is 1. The summed E-state index contributed by atoms with van der Waals surface area (Å²) in [5, 5.41) is 0.998. The molecule has 1 fully saturated rings. The number of pyridine rings is 1. The smallest absolute Gasteiger partial charge is 0.232 e. The van der Waals surface area contributed by atoms with Crippen molar-refractivity contribution in [3.05, 3.63) is 54.4 Å². The first kappa shape index (κ1) is 22.0. The van der Waals surface area contributed by atoms with Gasteiger partial charge in [-0.05, 0) is 44.0 Å². The second kappa shape index (κ2) is 10.9. The first-order chi connectivity index (χ1) is 14.1. The molecule has 0 aliphatic heterocycles. The third-order valence-corrected chi connectivity index (χ3v) is 8.54. The molecular weight excluding hydrogens is 400 g/mol. The van der Waals surface area contributed by atoms with Crippen LogP contribution < -0.4 is 4.74 Å². The molecule has 156 valence electrons. The number of aromatic nitrogens is 1. The summed E-state index contributed by atoms with van der Waals surface area (Å²) < 4.78 is 5.53. The van der Waals surface area contributed by atoms with Crippen LogP contribution in [0.5, 0.6) is 5.75 Å². The lowest BCUT2D eigenvalue weighted by Crippen LogP contribution is -2.33. The molecular formula is C23H30N2O2S2. The summed E-state index contributed by atoms with van der Waals surface area (Å²) in [6.07, 6.45) is 6.64. The average Bonchev–Trinajstić information content (AvgIpc) is 2.78. The maximum atomic E-state index is 12.8. The van der Waals surface area contributed by atoms with Crippen LogP contribution in [0.3, 0.4) is 0 Å². The van der Waals surface area contributed by atoms with Gasteiger partial charge in [-0.2, -0.15) is 0 Å². The molecule has 1 aliphatic rings. The van der Waals surface area contributed by atoms with Crippen LogP contribution in [0.15, 0.2) is 53.6 Å². The summed E-state index contributed by atoms with van der Waals surface area (Å²) >= 11 is 3.72. The Hall–Kier alpha value is -1.66. The lowest BCUT2D eigenvalue weighted by Gasteiger charge is -2.32. The van der Waals surface area contributed by atoms with E-state index < -0.39 is 0 Å². The molecule has 0 saturated heterocycles. The number of thioether (sulfide) groups is 2. The third kappa shape index (κ3) is 5.92. The first-order valence-corrected chi connectivity index (χ1v) is 12.1. The number of para-hydroxylation sites is 1. The highest BCUT2D eigenvalue weighted by Gasteiger charge is 2.29. The van der Waals surface area contributed by atoms with Crippen molar-refractivity contribution in [3.8, 4) is 5.75 Å². The van der Waals surface area contributed by atoms with E-state index in [0.717, 1.165) is 11.4 Å². The molecule has 4 nitrogen and oxygen atoms in total. The number of rotatable bonds is 8. The number of methoxy groups -OCH3 is 1. The predicted molar refractivity (Wildman–Crippen MR) is 123 cm³/mol. The van der Waals surface area contributed by atoms with E-state index in [1.54, 1.807) is 13.3 Å². The summed E-state index contributed by atoms with van der Waals surface area (Å²) in [4.78, 5) is 20.2. The lowest BCUT2D eigenvalue weighted by atomic mass is 10.00. The Labute approximate surface area is 182 Å². The van der Waals surface area contributed by atoms with E-state index in [1.807, 2.05) is 72.7 Å². The number of benzene rings is 1. The molecule has 3 atom stereocenters. The first-order valence-electron chi connectivity index (χ1n) is 10.2. The van der Waals surface area contributed by atoms with Crippen LogP contribution in [-0.4, -0.2) is 46.2 Å². The molecule has 0 radical (unpaired) electrons. The number of nitrogens with zero attached hydrogens (tertiary/aromatic N) is 2. The zero-order valence-corrected chi connectivity index (χ0v) is 19.0. The van der Waals surface area contributed by atoms with Crippen LogP contribution in [0.4, 0.5) is 0 Å². The summed E-state index contributed by atoms with van der Waals surface area (Å²) in [5.41, 5.74) is 0.927. The Bertz CT molecular complexity index is 787. The van der Waals surface area contributed by atoms with E-state index >= 15 is 0 Å². The van der Waals surface area contributed by atoms with Gasteiger partial charge in [-0.25, -0.2) is 0 Å². The summed E-state index contributed by atoms with van der Waals surface area (Å²) in [6.45, 7) is 2.03. The fraction of sp³-hybridized carbons (Fsp3) is 0.478. The Morgan fingerprint density at radius 3 is 2.62 bits per heavy atom. The lowest BCUT2D eigenvalue weighted by molar-refractivity contribution is -0.129. The molecule has 6 heteroatoms. The van der Waals surface area contributed by atoms with E-state index in [4.69, 9.17) is 4.74 Å². The number of hydrogen-bond donors (Lipinski definition) is 0. The van der Waals surface area contributed by atoms with Gasteiger partial charge in [0.05, 0.1) is 24.6 Å². The van der Waals surface area contributed by atoms with E-state index in [1.165, 1.54) is 30.6 Å². The van der Waals surface area contributed by atoms with Gasteiger partial charge in [0.25, 0.3) is 0 Å². The van der Waals surface area contributed by atoms with Crippen LogP contribution in [0.1, 0.15) is 44.3 Å². The minimum absolute atomic E-state index is 0.0191. The fourth-order valence-corrected chi connectivity index (χ4v) is 6.56. The highest BCUT2D eigenvalue weighted by Crippen LogP contribution is 2.42. The van der Waals surface area contributed by atoms with E-state index in [-0.39, 0.29) is 11.9 Å². The van der Waals surface area contributed by atoms with Gasteiger partial charge in [-0.3, -0.25) is 9.78 Å². The molecule has 0 spiro atoms. The summed E-state index contributed by atoms with van der Waals surface area (Å²) in [6, 6.07) is 14.0. The van der Waals surface area contributed by atoms with Gasteiger partial charge in [0.2, 0.25) is 5.91 Å². The monoisotopic (exact) mass is 430 g/mol. The highest BCUT2D eigenvalue weighted by atomic mass is 32.2. The molecule has 3 unspecified atom stereocenters. The molecule has 0 bridgehead atoms. The van der Waals surface area contributed by atoms with Gasteiger partial charge in [-0.15, -0.1) is 23.5 Å². The minimum atomic E-state index is -0.0191. The average molecular weight is 431 g/mol. The minimum Gasteiger partial charge on any atom is -0.496 e. The van der Waals surface area contributed by atoms with Crippen LogP contribution in [0.25, 0.3) is 0 Å². The van der Waals surface area contributed by atoms with Crippen molar-refractivity contribution < 1.29 is 9.53 Å². The van der Waals surface area contributed by atoms with Crippen molar-refractivity contribution in [3.63, 3.8) is 0 Å². The van der Waals surface area contributed by atoms with Gasteiger partial charge in [0.15, 0.2) is 0 Å². The van der Waals surface area contributed by atoms with Gasteiger partial charge in [-0.1, -0.05) is 31.0 Å². The van der Waals surface area contributed by atoms with Crippen LogP contribution in [0.2, 0.25) is 0 Å². The van der Waals surface area contributed by atoms with Crippen LogP contribution in [0, 0.1) is 0 Å². The molecule has 3 rings (SSSR count). The Morgan fingerprint density at radius 1 is 1.17 bits per heavy atom. The van der Waals surface area contributed by atoms with Crippen molar-refractivity contribution in [2.75, 3.05) is 19.9 Å². The topological polar surface area (TPSA) is 42.4 Å². The molecule has 29 heavy (non-hydrogen) atoms. The normalized spacial score (nSPS) is 20.1. The standard InChI is InChI=1S/C23H30N2O2S2/c1-17(18-10-8-9-15-24-18)25(2)23(26)16-28-21-13-6-7-14-22(21)29-20-12-5-4-11-19(20)27-3/h4-5,8-12,15,17,21-22H,6-7,13-14,16H2,1-3H3. The number of hydrogen-bond acceptors (Lipinski definition) is 5. The number of ether oxygens (including phenoxy) is 1. The Balaban J connectivity index is 1.58. The molecule has 1 amide bonds. The molecule has 1 aliphatic carbocycles. The molecule has 0 N–H and O–H groups in total. The Kier molecular flexibility index (Phi) is 8.30. The zero-order valence-electron chi connectivity index (χ0n) is 17.4. The molecule has 1 saturated carbocycles. The largest absolute Gasteiger partial charge is 0.496 e. The third-order valence-electron chi connectivity index (χ3n) is 5.50. The highest BCUT2D eigenvalue weighted by molar-refractivity contribution is 8.04. The quantitative estimate of drug-likeness (QED) is 0.557. The van der Waals surface area contributed by atoms with Crippen LogP contribution >= 0.6 is 23.5 Å². The maximum absolute atomic E-state index is 12.8. The maximum Gasteiger partial charge on any atom is 0.232 e. The summed E-state index contributed by atoms with van der Waals surface area (Å²) in [7, 11) is 3.61. The molecule has 1 aromatic carbocycles. The predicted octanol–water partition coefficient (Wildman–Crippen LogP) is 5.45. The fourth-order valence-electron chi connectivity index (χ4n) is 3.59. The van der Waals surface area contributed by atoms with E-state index in [9.17, 15) is 4.79 Å². The van der Waals surface area contributed by atoms with Crippen molar-refractivity contribution >= 4 is 29.4 Å². The number of amides is 1. The van der Waals surface area contributed by atoms with Gasteiger partial charge < -0.3 is 9.64 Å². The van der Waals surface area contributed by atoms with Gasteiger partial charge >= 0.3 is 0 Å². The molecule has 2 aromatic rings. The summed E-state index contributed by atoms with van der Waals surface area (Å²) in [5.74, 6) is 1.62. The molecule has 1 heterocycles. The van der Waals surface area contributed by atoms with Crippen LogP contribution in [-0.2, 0) is 4.79 Å². The van der Waals surface area contributed by atoms with Crippen molar-refractivity contribution in [2.45, 2.75) is 54.0 Å². The second-order valence-electron chi connectivity index (χ2n) is 7.38. The molecule has 1 aromatic heterocycles. The Morgan fingerprint density at radius 2 is 1.90 bits per heavy atom. The van der Waals surface area contributed by atoms with Gasteiger partial charge in [0.1, 0.15) is 5.75 Å². The second-order valence-corrected chi connectivity index (χ2v) is 9.88. The van der Waals surface area contributed by atoms with Crippen molar-refractivity contribution in [1.29, 1.82) is 0 Å². The van der Waals surface area contributed by atoms with E-state index in [2.05, 4.69) is 17.1 Å². The zero-order chi connectivity index (χ0) is 20.6. The van der Waals surface area contributed by atoms with Gasteiger partial charge in [0, 0.05) is 28.6 Å². The SMILES string of the molecule is COc1ccccc1SC1CCCCC1SCC(=O)N(C)C(C)c1ccccn1.